The Morgan fingerprint density at radius 2 is 1.95 bits per heavy atom. The number of nitrogens with one attached hydrogen (secondary N) is 1. The quantitative estimate of drug-likeness (QED) is 0.919. The van der Waals surface area contributed by atoms with E-state index in [9.17, 15) is 8.42 Å². The van der Waals surface area contributed by atoms with Crippen LogP contribution in [0.1, 0.15) is 30.6 Å². The Morgan fingerprint density at radius 1 is 1.30 bits per heavy atom. The number of sulfone groups is 1. The molecule has 2 aromatic rings. The van der Waals surface area contributed by atoms with E-state index in [1.807, 2.05) is 19.2 Å². The van der Waals surface area contributed by atoms with Gasteiger partial charge in [0, 0.05) is 16.8 Å². The topological polar surface area (TPSA) is 59.1 Å². The molecular weight excluding hydrogens is 292 g/mol. The summed E-state index contributed by atoms with van der Waals surface area (Å²) in [6, 6.07) is 6.96. The lowest BCUT2D eigenvalue weighted by Gasteiger charge is -2.13. The van der Waals surface area contributed by atoms with Crippen molar-refractivity contribution in [2.24, 2.45) is 0 Å². The van der Waals surface area contributed by atoms with E-state index < -0.39 is 9.84 Å². The number of thiazole rings is 1. The molecule has 0 saturated heterocycles. The molecule has 0 aliphatic carbocycles. The van der Waals surface area contributed by atoms with E-state index in [0.29, 0.717) is 4.90 Å². The molecule has 0 saturated carbocycles. The molecule has 0 amide bonds. The van der Waals surface area contributed by atoms with Crippen LogP contribution in [0, 0.1) is 6.92 Å². The third-order valence-corrected chi connectivity index (χ3v) is 5.88. The molecule has 1 N–H and O–H groups in total. The molecule has 1 heterocycles. The summed E-state index contributed by atoms with van der Waals surface area (Å²) in [5.41, 5.74) is 1.91. The normalized spacial score (nSPS) is 13.2. The molecule has 108 valence electrons. The number of hydrogen-bond donors (Lipinski definition) is 1. The number of rotatable bonds is 5. The van der Waals surface area contributed by atoms with Crippen molar-refractivity contribution in [1.82, 2.24) is 4.98 Å². The van der Waals surface area contributed by atoms with E-state index in [-0.39, 0.29) is 11.8 Å². The smallest absolute Gasteiger partial charge is 0.178 e. The average Bonchev–Trinajstić information content (AvgIpc) is 2.86. The van der Waals surface area contributed by atoms with Gasteiger partial charge in [-0.05, 0) is 38.1 Å². The van der Waals surface area contributed by atoms with Crippen LogP contribution in [-0.4, -0.2) is 19.2 Å². The van der Waals surface area contributed by atoms with Crippen molar-refractivity contribution >= 4 is 26.9 Å². The van der Waals surface area contributed by atoms with Gasteiger partial charge in [0.25, 0.3) is 0 Å². The zero-order valence-electron chi connectivity index (χ0n) is 11.8. The third kappa shape index (κ3) is 3.37. The van der Waals surface area contributed by atoms with Crippen molar-refractivity contribution in [1.29, 1.82) is 0 Å². The van der Waals surface area contributed by atoms with Crippen LogP contribution in [0.25, 0.3) is 0 Å². The minimum absolute atomic E-state index is 0.0994. The lowest BCUT2D eigenvalue weighted by atomic mass is 10.3. The Kier molecular flexibility index (Phi) is 4.45. The minimum Gasteiger partial charge on any atom is -0.376 e. The van der Waals surface area contributed by atoms with E-state index in [1.54, 1.807) is 42.5 Å². The lowest BCUT2D eigenvalue weighted by molar-refractivity contribution is 0.597. The second kappa shape index (κ2) is 5.93. The molecule has 0 aliphatic rings. The van der Waals surface area contributed by atoms with Crippen LogP contribution in [0.2, 0.25) is 0 Å². The van der Waals surface area contributed by atoms with Gasteiger partial charge in [0.05, 0.1) is 16.7 Å². The van der Waals surface area contributed by atoms with E-state index in [0.717, 1.165) is 16.4 Å². The maximum atomic E-state index is 11.7. The predicted octanol–water partition coefficient (Wildman–Crippen LogP) is 3.42. The van der Waals surface area contributed by atoms with Crippen LogP contribution in [0.4, 0.5) is 5.69 Å². The van der Waals surface area contributed by atoms with E-state index in [2.05, 4.69) is 10.3 Å². The molecule has 0 fully saturated rings. The average molecular weight is 310 g/mol. The lowest BCUT2D eigenvalue weighted by Crippen LogP contribution is -2.07. The first-order valence-electron chi connectivity index (χ1n) is 6.44. The van der Waals surface area contributed by atoms with Crippen LogP contribution < -0.4 is 5.32 Å². The highest BCUT2D eigenvalue weighted by atomic mass is 32.2. The maximum Gasteiger partial charge on any atom is 0.178 e. The summed E-state index contributed by atoms with van der Waals surface area (Å²) in [6.07, 6.45) is 0. The van der Waals surface area contributed by atoms with Crippen molar-refractivity contribution in [3.8, 4) is 0 Å². The molecule has 1 aromatic carbocycles. The van der Waals surface area contributed by atoms with Gasteiger partial charge in [0.1, 0.15) is 5.01 Å². The van der Waals surface area contributed by atoms with Gasteiger partial charge in [-0.2, -0.15) is 0 Å². The number of aromatic nitrogens is 1. The van der Waals surface area contributed by atoms with Gasteiger partial charge in [0.15, 0.2) is 9.84 Å². The van der Waals surface area contributed by atoms with Crippen LogP contribution in [0.5, 0.6) is 0 Å². The Labute approximate surface area is 123 Å². The summed E-state index contributed by atoms with van der Waals surface area (Å²) in [5, 5.41) is 6.36. The van der Waals surface area contributed by atoms with Crippen LogP contribution in [0.3, 0.4) is 0 Å². The van der Waals surface area contributed by atoms with Crippen molar-refractivity contribution in [3.63, 3.8) is 0 Å². The summed E-state index contributed by atoms with van der Waals surface area (Å²) in [6.45, 7) is 5.65. The molecular formula is C14H18N2O2S2. The molecule has 0 bridgehead atoms. The number of aryl methyl sites for hydroxylation is 1. The minimum atomic E-state index is -3.13. The summed E-state index contributed by atoms with van der Waals surface area (Å²) in [7, 11) is -3.13. The first kappa shape index (κ1) is 15.0. The number of hydrogen-bond acceptors (Lipinski definition) is 5. The van der Waals surface area contributed by atoms with Gasteiger partial charge in [-0.1, -0.05) is 6.92 Å². The number of benzene rings is 1. The van der Waals surface area contributed by atoms with E-state index in [4.69, 9.17) is 0 Å². The van der Waals surface area contributed by atoms with Gasteiger partial charge < -0.3 is 5.32 Å². The highest BCUT2D eigenvalue weighted by Crippen LogP contribution is 2.23. The first-order valence-corrected chi connectivity index (χ1v) is 8.97. The van der Waals surface area contributed by atoms with Gasteiger partial charge >= 0.3 is 0 Å². The van der Waals surface area contributed by atoms with Crippen LogP contribution >= 0.6 is 11.3 Å². The van der Waals surface area contributed by atoms with Crippen LogP contribution in [-0.2, 0) is 9.84 Å². The van der Waals surface area contributed by atoms with Crippen molar-refractivity contribution in [3.05, 3.63) is 40.3 Å². The molecule has 4 nitrogen and oxygen atoms in total. The summed E-state index contributed by atoms with van der Waals surface area (Å²) < 4.78 is 23.5. The largest absolute Gasteiger partial charge is 0.376 e. The summed E-state index contributed by atoms with van der Waals surface area (Å²) >= 11 is 1.62. The molecule has 2 rings (SSSR count). The number of anilines is 1. The maximum absolute atomic E-state index is 11.7. The molecule has 6 heteroatoms. The van der Waals surface area contributed by atoms with Crippen molar-refractivity contribution in [2.45, 2.75) is 31.7 Å². The fourth-order valence-corrected chi connectivity index (χ4v) is 3.50. The zero-order valence-corrected chi connectivity index (χ0v) is 13.4. The second-order valence-electron chi connectivity index (χ2n) is 4.62. The number of nitrogens with zero attached hydrogens (tertiary/aromatic N) is 1. The third-order valence-electron chi connectivity index (χ3n) is 2.98. The molecule has 0 aliphatic heterocycles. The highest BCUT2D eigenvalue weighted by Gasteiger charge is 2.12. The van der Waals surface area contributed by atoms with Crippen LogP contribution in [0.15, 0.2) is 34.5 Å². The van der Waals surface area contributed by atoms with E-state index >= 15 is 0 Å². The van der Waals surface area contributed by atoms with Crippen molar-refractivity contribution < 1.29 is 8.42 Å². The SMILES string of the molecule is CCS(=O)(=O)c1ccc(NC(C)c2nc(C)cs2)cc1. The summed E-state index contributed by atoms with van der Waals surface area (Å²) in [4.78, 5) is 4.80. The molecule has 1 atom stereocenters. The Morgan fingerprint density at radius 3 is 2.45 bits per heavy atom. The van der Waals surface area contributed by atoms with Gasteiger partial charge in [-0.3, -0.25) is 0 Å². The Balaban J connectivity index is 2.11. The molecule has 0 radical (unpaired) electrons. The molecule has 0 spiro atoms. The second-order valence-corrected chi connectivity index (χ2v) is 7.79. The Hall–Kier alpha value is -1.40. The monoisotopic (exact) mass is 310 g/mol. The molecule has 1 unspecified atom stereocenters. The van der Waals surface area contributed by atoms with Gasteiger partial charge in [-0.15, -0.1) is 11.3 Å². The summed E-state index contributed by atoms with van der Waals surface area (Å²) in [5.74, 6) is 0.120. The predicted molar refractivity (Wildman–Crippen MR) is 83.1 cm³/mol. The van der Waals surface area contributed by atoms with Gasteiger partial charge in [0.2, 0.25) is 0 Å². The fraction of sp³-hybridized carbons (Fsp3) is 0.357. The zero-order chi connectivity index (χ0) is 14.8. The Bertz CT molecular complexity index is 675. The molecule has 20 heavy (non-hydrogen) atoms. The van der Waals surface area contributed by atoms with Gasteiger partial charge in [-0.25, -0.2) is 13.4 Å². The molecule has 1 aromatic heterocycles. The highest BCUT2D eigenvalue weighted by molar-refractivity contribution is 7.91. The first-order chi connectivity index (χ1) is 9.42. The standard InChI is InChI=1S/C14H18N2O2S2/c1-4-20(17,18)13-7-5-12(6-8-13)16-11(3)14-15-10(2)9-19-14/h5-9,11,16H,4H2,1-3H3. The van der Waals surface area contributed by atoms with E-state index in [1.165, 1.54) is 0 Å². The fourth-order valence-electron chi connectivity index (χ4n) is 1.81. The van der Waals surface area contributed by atoms with Crippen molar-refractivity contribution in [2.75, 3.05) is 11.1 Å².